The Morgan fingerprint density at radius 3 is 2.55 bits per heavy atom. The highest BCUT2D eigenvalue weighted by Gasteiger charge is 2.20. The van der Waals surface area contributed by atoms with Gasteiger partial charge in [0.15, 0.2) is 0 Å². The van der Waals surface area contributed by atoms with Gasteiger partial charge in [0.2, 0.25) is 5.91 Å². The number of fused-ring (bicyclic) bond motifs is 1. The van der Waals surface area contributed by atoms with E-state index in [0.29, 0.717) is 42.7 Å². The van der Waals surface area contributed by atoms with Crippen molar-refractivity contribution in [3.63, 3.8) is 0 Å². The molecular weight excluding hydrogens is 392 g/mol. The molecule has 1 fully saturated rings. The number of benzene rings is 2. The zero-order valence-corrected chi connectivity index (χ0v) is 16.6. The topological polar surface area (TPSA) is 76.5 Å². The summed E-state index contributed by atoms with van der Waals surface area (Å²) in [5.41, 5.74) is 2.17. The van der Waals surface area contributed by atoms with E-state index in [-0.39, 0.29) is 24.9 Å². The van der Waals surface area contributed by atoms with Gasteiger partial charge in [0, 0.05) is 23.7 Å². The number of ether oxygens (including phenoxy) is 1. The summed E-state index contributed by atoms with van der Waals surface area (Å²) in [5.74, 6) is 0.427. The molecule has 1 aliphatic heterocycles. The zero-order chi connectivity index (χ0) is 20.2. The van der Waals surface area contributed by atoms with E-state index in [4.69, 9.17) is 16.3 Å². The van der Waals surface area contributed by atoms with Gasteiger partial charge >= 0.3 is 0 Å². The van der Waals surface area contributed by atoms with E-state index in [1.807, 2.05) is 28.8 Å². The van der Waals surface area contributed by atoms with Crippen molar-refractivity contribution < 1.29 is 14.3 Å². The summed E-state index contributed by atoms with van der Waals surface area (Å²) in [6.45, 7) is 2.68. The largest absolute Gasteiger partial charge is 0.378 e. The van der Waals surface area contributed by atoms with Crippen LogP contribution in [-0.4, -0.2) is 52.6 Å². The minimum absolute atomic E-state index is 0.0155. The van der Waals surface area contributed by atoms with Crippen LogP contribution in [0, 0.1) is 0 Å². The molecule has 1 N–H and O–H groups in total. The minimum atomic E-state index is -0.222. The second-order valence-electron chi connectivity index (χ2n) is 6.79. The van der Waals surface area contributed by atoms with Crippen molar-refractivity contribution in [1.29, 1.82) is 0 Å². The van der Waals surface area contributed by atoms with Crippen LogP contribution < -0.4 is 5.32 Å². The highest BCUT2D eigenvalue weighted by molar-refractivity contribution is 6.30. The van der Waals surface area contributed by atoms with E-state index in [1.54, 1.807) is 29.2 Å². The van der Waals surface area contributed by atoms with Gasteiger partial charge in [-0.3, -0.25) is 9.59 Å². The molecule has 0 radical (unpaired) electrons. The number of nitrogens with one attached hydrogen (secondary N) is 1. The molecule has 0 unspecified atom stereocenters. The van der Waals surface area contributed by atoms with Crippen LogP contribution in [0.25, 0.3) is 11.0 Å². The maximum atomic E-state index is 12.8. The first kappa shape index (κ1) is 19.4. The highest BCUT2D eigenvalue weighted by Crippen LogP contribution is 2.17. The Morgan fingerprint density at radius 2 is 1.79 bits per heavy atom. The van der Waals surface area contributed by atoms with Crippen LogP contribution in [0.4, 0.5) is 0 Å². The first-order chi connectivity index (χ1) is 14.1. The fourth-order valence-corrected chi connectivity index (χ4v) is 3.47. The van der Waals surface area contributed by atoms with Crippen LogP contribution in [0.15, 0.2) is 48.5 Å². The van der Waals surface area contributed by atoms with Gasteiger partial charge in [0.1, 0.15) is 12.4 Å². The molecule has 150 valence electrons. The second-order valence-corrected chi connectivity index (χ2v) is 7.22. The van der Waals surface area contributed by atoms with Crippen LogP contribution in [0.3, 0.4) is 0 Å². The van der Waals surface area contributed by atoms with Crippen molar-refractivity contribution in [3.05, 3.63) is 64.9 Å². The summed E-state index contributed by atoms with van der Waals surface area (Å²) in [7, 11) is 0. The predicted molar refractivity (Wildman–Crippen MR) is 110 cm³/mol. The lowest BCUT2D eigenvalue weighted by Gasteiger charge is -2.27. The number of carbonyl (C=O) groups is 2. The van der Waals surface area contributed by atoms with Gasteiger partial charge in [-0.05, 0) is 36.4 Å². The van der Waals surface area contributed by atoms with E-state index in [0.717, 1.165) is 11.0 Å². The van der Waals surface area contributed by atoms with Crippen molar-refractivity contribution in [2.24, 2.45) is 0 Å². The third-order valence-electron chi connectivity index (χ3n) is 4.90. The molecule has 2 heterocycles. The molecule has 0 atom stereocenters. The van der Waals surface area contributed by atoms with E-state index < -0.39 is 0 Å². The molecule has 3 aromatic rings. The maximum Gasteiger partial charge on any atom is 0.251 e. The third-order valence-corrected chi connectivity index (χ3v) is 5.16. The van der Waals surface area contributed by atoms with Gasteiger partial charge in [-0.25, -0.2) is 4.98 Å². The van der Waals surface area contributed by atoms with Gasteiger partial charge in [-0.15, -0.1) is 0 Å². The number of para-hydroxylation sites is 2. The summed E-state index contributed by atoms with van der Waals surface area (Å²) >= 11 is 5.88. The smallest absolute Gasteiger partial charge is 0.251 e. The fourth-order valence-electron chi connectivity index (χ4n) is 3.35. The molecule has 2 amide bonds. The average molecular weight is 413 g/mol. The molecular formula is C21H21ClN4O3. The van der Waals surface area contributed by atoms with E-state index in [1.165, 1.54) is 0 Å². The Bertz CT molecular complexity index is 1030. The Labute approximate surface area is 173 Å². The number of aromatic nitrogens is 2. The number of morpholine rings is 1. The maximum absolute atomic E-state index is 12.8. The number of halogens is 1. The molecule has 0 saturated carbocycles. The lowest BCUT2D eigenvalue weighted by Crippen LogP contribution is -2.42. The molecule has 1 aliphatic rings. The number of hydrogen-bond acceptors (Lipinski definition) is 4. The van der Waals surface area contributed by atoms with Crippen LogP contribution in [0.2, 0.25) is 5.02 Å². The summed E-state index contributed by atoms with van der Waals surface area (Å²) in [4.78, 5) is 31.6. The normalized spacial score (nSPS) is 14.2. The standard InChI is InChI=1S/C21H21ClN4O3/c22-16-7-5-15(6-8-16)21(28)23-13-19-24-17-3-1-2-4-18(17)26(19)14-20(27)25-9-11-29-12-10-25/h1-8H,9-14H2,(H,23,28). The molecule has 2 aromatic carbocycles. The van der Waals surface area contributed by atoms with Crippen molar-refractivity contribution in [3.8, 4) is 0 Å². The fraction of sp³-hybridized carbons (Fsp3) is 0.286. The number of rotatable bonds is 5. The number of carbonyl (C=O) groups excluding carboxylic acids is 2. The molecule has 0 spiro atoms. The molecule has 0 aliphatic carbocycles. The van der Waals surface area contributed by atoms with Gasteiger partial charge in [0.25, 0.3) is 5.91 Å². The molecule has 8 heteroatoms. The van der Waals surface area contributed by atoms with Crippen molar-refractivity contribution in [2.45, 2.75) is 13.1 Å². The number of nitrogens with zero attached hydrogens (tertiary/aromatic N) is 3. The average Bonchev–Trinajstić information content (AvgIpc) is 3.10. The molecule has 29 heavy (non-hydrogen) atoms. The summed E-state index contributed by atoms with van der Waals surface area (Å²) in [5, 5.41) is 3.45. The number of amides is 2. The SMILES string of the molecule is O=C(NCc1nc2ccccc2n1CC(=O)N1CCOCC1)c1ccc(Cl)cc1. The Hall–Kier alpha value is -2.90. The lowest BCUT2D eigenvalue weighted by atomic mass is 10.2. The van der Waals surface area contributed by atoms with Gasteiger partial charge < -0.3 is 19.5 Å². The van der Waals surface area contributed by atoms with Crippen LogP contribution >= 0.6 is 11.6 Å². The Balaban J connectivity index is 1.53. The summed E-state index contributed by atoms with van der Waals surface area (Å²) in [6.07, 6.45) is 0. The monoisotopic (exact) mass is 412 g/mol. The van der Waals surface area contributed by atoms with Crippen molar-refractivity contribution >= 4 is 34.4 Å². The molecule has 7 nitrogen and oxygen atoms in total. The Kier molecular flexibility index (Phi) is 5.78. The number of imidazole rings is 1. The number of hydrogen-bond donors (Lipinski definition) is 1. The summed E-state index contributed by atoms with van der Waals surface area (Å²) in [6, 6.07) is 14.3. The first-order valence-corrected chi connectivity index (χ1v) is 9.83. The molecule has 0 bridgehead atoms. The molecule has 1 saturated heterocycles. The first-order valence-electron chi connectivity index (χ1n) is 9.45. The van der Waals surface area contributed by atoms with Crippen LogP contribution in [0.1, 0.15) is 16.2 Å². The van der Waals surface area contributed by atoms with Crippen molar-refractivity contribution in [1.82, 2.24) is 19.8 Å². The third kappa shape index (κ3) is 4.41. The van der Waals surface area contributed by atoms with Gasteiger partial charge in [-0.2, -0.15) is 0 Å². The highest BCUT2D eigenvalue weighted by atomic mass is 35.5. The molecule has 1 aromatic heterocycles. The minimum Gasteiger partial charge on any atom is -0.378 e. The predicted octanol–water partition coefficient (Wildman–Crippen LogP) is 2.48. The van der Waals surface area contributed by atoms with E-state index in [9.17, 15) is 9.59 Å². The molecule has 4 rings (SSSR count). The lowest BCUT2D eigenvalue weighted by molar-refractivity contribution is -0.135. The quantitative estimate of drug-likeness (QED) is 0.698. The van der Waals surface area contributed by atoms with Crippen LogP contribution in [-0.2, 0) is 22.6 Å². The van der Waals surface area contributed by atoms with Gasteiger partial charge in [-0.1, -0.05) is 23.7 Å². The van der Waals surface area contributed by atoms with Crippen molar-refractivity contribution in [2.75, 3.05) is 26.3 Å². The second kappa shape index (κ2) is 8.63. The Morgan fingerprint density at radius 1 is 1.07 bits per heavy atom. The van der Waals surface area contributed by atoms with E-state index in [2.05, 4.69) is 10.3 Å². The zero-order valence-electron chi connectivity index (χ0n) is 15.8. The van der Waals surface area contributed by atoms with E-state index >= 15 is 0 Å². The van der Waals surface area contributed by atoms with Crippen LogP contribution in [0.5, 0.6) is 0 Å². The summed E-state index contributed by atoms with van der Waals surface area (Å²) < 4.78 is 7.19. The van der Waals surface area contributed by atoms with Gasteiger partial charge in [0.05, 0.1) is 30.8 Å².